The summed E-state index contributed by atoms with van der Waals surface area (Å²) in [6.07, 6.45) is 2.24. The topological polar surface area (TPSA) is 46.5 Å². The van der Waals surface area contributed by atoms with Crippen molar-refractivity contribution in [2.45, 2.75) is 38.2 Å². The van der Waals surface area contributed by atoms with Crippen LogP contribution in [0.1, 0.15) is 48.5 Å². The Bertz CT molecular complexity index is 709. The molecule has 0 bridgehead atoms. The first-order valence-corrected chi connectivity index (χ1v) is 8.59. The molecule has 23 heavy (non-hydrogen) atoms. The SMILES string of the molecule is CC(CC(=O)O)c1ccc(OC2CCc3c(Br)cccc32)cc1. The first-order valence-electron chi connectivity index (χ1n) is 7.80. The van der Waals surface area contributed by atoms with Gasteiger partial charge in [0.2, 0.25) is 0 Å². The molecule has 3 rings (SSSR count). The minimum absolute atomic E-state index is 0.00436. The number of hydrogen-bond acceptors (Lipinski definition) is 2. The second-order valence-electron chi connectivity index (χ2n) is 6.02. The number of halogens is 1. The average Bonchev–Trinajstić information content (AvgIpc) is 2.92. The molecule has 2 atom stereocenters. The van der Waals surface area contributed by atoms with Crippen LogP contribution in [-0.2, 0) is 11.2 Å². The number of carboxylic acid groups (broad SMARTS) is 1. The number of ether oxygens (including phenoxy) is 1. The van der Waals surface area contributed by atoms with Gasteiger partial charge in [-0.3, -0.25) is 4.79 Å². The van der Waals surface area contributed by atoms with E-state index < -0.39 is 5.97 Å². The normalized spacial score (nSPS) is 17.6. The van der Waals surface area contributed by atoms with Crippen molar-refractivity contribution >= 4 is 21.9 Å². The zero-order chi connectivity index (χ0) is 16.4. The molecule has 0 aromatic heterocycles. The van der Waals surface area contributed by atoms with Gasteiger partial charge in [0.15, 0.2) is 0 Å². The number of carbonyl (C=O) groups is 1. The smallest absolute Gasteiger partial charge is 0.303 e. The second kappa shape index (κ2) is 6.75. The standard InChI is InChI=1S/C19H19BrO3/c1-12(11-19(21)22)13-5-7-14(8-6-13)23-18-10-9-15-16(18)3-2-4-17(15)20/h2-8,12,18H,9-11H2,1H3,(H,21,22). The molecule has 0 fully saturated rings. The molecule has 0 aliphatic heterocycles. The molecule has 0 saturated heterocycles. The molecular formula is C19H19BrO3. The zero-order valence-electron chi connectivity index (χ0n) is 13.0. The van der Waals surface area contributed by atoms with E-state index in [-0.39, 0.29) is 18.4 Å². The average molecular weight is 375 g/mol. The molecule has 0 saturated carbocycles. The molecule has 1 aliphatic rings. The quantitative estimate of drug-likeness (QED) is 0.792. The lowest BCUT2D eigenvalue weighted by molar-refractivity contribution is -0.137. The van der Waals surface area contributed by atoms with Gasteiger partial charge < -0.3 is 9.84 Å². The van der Waals surface area contributed by atoms with E-state index >= 15 is 0 Å². The maximum absolute atomic E-state index is 10.8. The van der Waals surface area contributed by atoms with Gasteiger partial charge >= 0.3 is 5.97 Å². The Balaban J connectivity index is 1.71. The van der Waals surface area contributed by atoms with Gasteiger partial charge in [-0.05, 0) is 53.6 Å². The van der Waals surface area contributed by atoms with E-state index in [1.807, 2.05) is 37.3 Å². The highest BCUT2D eigenvalue weighted by molar-refractivity contribution is 9.10. The van der Waals surface area contributed by atoms with Crippen LogP contribution in [0.3, 0.4) is 0 Å². The van der Waals surface area contributed by atoms with Gasteiger partial charge in [0.1, 0.15) is 11.9 Å². The van der Waals surface area contributed by atoms with Crippen LogP contribution >= 0.6 is 15.9 Å². The van der Waals surface area contributed by atoms with Crippen molar-refractivity contribution in [3.8, 4) is 5.75 Å². The fourth-order valence-electron chi connectivity index (χ4n) is 3.11. The highest BCUT2D eigenvalue weighted by Gasteiger charge is 2.25. The van der Waals surface area contributed by atoms with Crippen LogP contribution in [0.5, 0.6) is 5.75 Å². The van der Waals surface area contributed by atoms with Gasteiger partial charge in [-0.15, -0.1) is 0 Å². The minimum atomic E-state index is -0.772. The third-order valence-electron chi connectivity index (χ3n) is 4.37. The molecule has 0 heterocycles. The number of fused-ring (bicyclic) bond motifs is 1. The molecule has 2 unspecified atom stereocenters. The van der Waals surface area contributed by atoms with Crippen LogP contribution in [0.25, 0.3) is 0 Å². The van der Waals surface area contributed by atoms with E-state index in [1.165, 1.54) is 11.1 Å². The van der Waals surface area contributed by atoms with E-state index in [0.29, 0.717) is 0 Å². The van der Waals surface area contributed by atoms with Crippen molar-refractivity contribution < 1.29 is 14.6 Å². The Morgan fingerprint density at radius 2 is 2.04 bits per heavy atom. The summed E-state index contributed by atoms with van der Waals surface area (Å²) >= 11 is 3.60. The van der Waals surface area contributed by atoms with Gasteiger partial charge in [0, 0.05) is 4.47 Å². The summed E-state index contributed by atoms with van der Waals surface area (Å²) in [4.78, 5) is 10.8. The Hall–Kier alpha value is -1.81. The molecule has 0 amide bonds. The Morgan fingerprint density at radius 3 is 2.74 bits per heavy atom. The summed E-state index contributed by atoms with van der Waals surface area (Å²) < 4.78 is 7.29. The fourth-order valence-corrected chi connectivity index (χ4v) is 3.69. The van der Waals surface area contributed by atoms with E-state index in [1.54, 1.807) is 0 Å². The van der Waals surface area contributed by atoms with Crippen molar-refractivity contribution in [1.29, 1.82) is 0 Å². The minimum Gasteiger partial charge on any atom is -0.486 e. The van der Waals surface area contributed by atoms with Gasteiger partial charge in [-0.25, -0.2) is 0 Å². The molecule has 2 aromatic rings. The summed E-state index contributed by atoms with van der Waals surface area (Å²) in [6, 6.07) is 14.0. The van der Waals surface area contributed by atoms with Crippen LogP contribution in [0.15, 0.2) is 46.9 Å². The first-order chi connectivity index (χ1) is 11.0. The molecular weight excluding hydrogens is 356 g/mol. The fraction of sp³-hybridized carbons (Fsp3) is 0.316. The van der Waals surface area contributed by atoms with Crippen LogP contribution in [0.4, 0.5) is 0 Å². The predicted molar refractivity (Wildman–Crippen MR) is 92.9 cm³/mol. The maximum Gasteiger partial charge on any atom is 0.303 e. The Labute approximate surface area is 144 Å². The molecule has 0 radical (unpaired) electrons. The van der Waals surface area contributed by atoms with Crippen LogP contribution in [0.2, 0.25) is 0 Å². The Morgan fingerprint density at radius 1 is 1.30 bits per heavy atom. The molecule has 1 N–H and O–H groups in total. The summed E-state index contributed by atoms with van der Waals surface area (Å²) in [6.45, 7) is 1.93. The second-order valence-corrected chi connectivity index (χ2v) is 6.88. The van der Waals surface area contributed by atoms with Crippen molar-refractivity contribution in [1.82, 2.24) is 0 Å². The summed E-state index contributed by atoms with van der Waals surface area (Å²) in [7, 11) is 0. The van der Waals surface area contributed by atoms with Crippen molar-refractivity contribution in [2.75, 3.05) is 0 Å². The lowest BCUT2D eigenvalue weighted by atomic mass is 9.98. The third-order valence-corrected chi connectivity index (χ3v) is 5.11. The number of benzene rings is 2. The highest BCUT2D eigenvalue weighted by Crippen LogP contribution is 2.38. The monoisotopic (exact) mass is 374 g/mol. The molecule has 4 heteroatoms. The summed E-state index contributed by atoms with van der Waals surface area (Å²) in [5.74, 6) is 0.0600. The largest absolute Gasteiger partial charge is 0.486 e. The van der Waals surface area contributed by atoms with Crippen molar-refractivity contribution in [3.63, 3.8) is 0 Å². The van der Waals surface area contributed by atoms with Gasteiger partial charge in [0.25, 0.3) is 0 Å². The van der Waals surface area contributed by atoms with Crippen molar-refractivity contribution in [2.24, 2.45) is 0 Å². The molecule has 120 valence electrons. The highest BCUT2D eigenvalue weighted by atomic mass is 79.9. The summed E-state index contributed by atoms with van der Waals surface area (Å²) in [5, 5.41) is 8.88. The Kier molecular flexibility index (Phi) is 4.71. The van der Waals surface area contributed by atoms with Gasteiger partial charge in [0.05, 0.1) is 6.42 Å². The van der Waals surface area contributed by atoms with E-state index in [4.69, 9.17) is 9.84 Å². The van der Waals surface area contributed by atoms with Gasteiger partial charge in [-0.1, -0.05) is 47.1 Å². The van der Waals surface area contributed by atoms with Crippen LogP contribution < -0.4 is 4.74 Å². The maximum atomic E-state index is 10.8. The van der Waals surface area contributed by atoms with E-state index in [2.05, 4.69) is 28.1 Å². The third kappa shape index (κ3) is 3.58. The number of aliphatic carboxylic acids is 1. The molecule has 3 nitrogen and oxygen atoms in total. The lowest BCUT2D eigenvalue weighted by Crippen LogP contribution is -2.05. The predicted octanol–water partition coefficient (Wildman–Crippen LogP) is 5.09. The van der Waals surface area contributed by atoms with E-state index in [9.17, 15) is 4.79 Å². The summed E-state index contributed by atoms with van der Waals surface area (Å²) in [5.41, 5.74) is 3.61. The van der Waals surface area contributed by atoms with E-state index in [0.717, 1.165) is 28.6 Å². The van der Waals surface area contributed by atoms with Crippen molar-refractivity contribution in [3.05, 3.63) is 63.6 Å². The number of hydrogen-bond donors (Lipinski definition) is 1. The van der Waals surface area contributed by atoms with Crippen LogP contribution in [-0.4, -0.2) is 11.1 Å². The number of rotatable bonds is 5. The van der Waals surface area contributed by atoms with Gasteiger partial charge in [-0.2, -0.15) is 0 Å². The molecule has 0 spiro atoms. The molecule has 1 aliphatic carbocycles. The number of carboxylic acids is 1. The zero-order valence-corrected chi connectivity index (χ0v) is 14.5. The van der Waals surface area contributed by atoms with Crippen LogP contribution in [0, 0.1) is 0 Å². The first kappa shape index (κ1) is 16.1. The lowest BCUT2D eigenvalue weighted by Gasteiger charge is -2.16. The molecule has 2 aromatic carbocycles.